The first kappa shape index (κ1) is 13.8. The number of nitrogens with zero attached hydrogens (tertiary/aromatic N) is 1. The van der Waals surface area contributed by atoms with Gasteiger partial charge in [0.15, 0.2) is 0 Å². The summed E-state index contributed by atoms with van der Waals surface area (Å²) < 4.78 is 4.79. The van der Waals surface area contributed by atoms with Crippen LogP contribution in [0.2, 0.25) is 0 Å². The number of esters is 1. The van der Waals surface area contributed by atoms with Crippen LogP contribution in [0.5, 0.6) is 0 Å². The summed E-state index contributed by atoms with van der Waals surface area (Å²) in [6.45, 7) is 4.17. The predicted molar refractivity (Wildman–Crippen MR) is 74.6 cm³/mol. The van der Waals surface area contributed by atoms with Crippen LogP contribution in [-0.2, 0) is 9.53 Å². The van der Waals surface area contributed by atoms with Crippen molar-refractivity contribution in [2.45, 2.75) is 13.8 Å². The average Bonchev–Trinajstić information content (AvgIpc) is 2.93. The molecule has 2 amide bonds. The summed E-state index contributed by atoms with van der Waals surface area (Å²) in [5, 5.41) is 0. The van der Waals surface area contributed by atoms with E-state index < -0.39 is 0 Å². The van der Waals surface area contributed by atoms with Gasteiger partial charge in [-0.2, -0.15) is 0 Å². The first-order valence-corrected chi connectivity index (χ1v) is 6.92. The Morgan fingerprint density at radius 3 is 2.19 bits per heavy atom. The SMILES string of the molecule is COC(=O)[C@@H]1[C@H](CN2C(=O)c3ccccc3C2=O)C1(C)C. The molecule has 2 aliphatic rings. The fraction of sp³-hybridized carbons (Fsp3) is 0.438. The van der Waals surface area contributed by atoms with E-state index in [9.17, 15) is 14.4 Å². The largest absolute Gasteiger partial charge is 0.469 e. The standard InChI is InChI=1S/C16H17NO4/c1-16(2)11(12(16)15(20)21-3)8-17-13(18)9-6-4-5-7-10(9)14(17)19/h4-7,11-12H,8H2,1-3H3/t11-,12-/m0/s1. The molecule has 0 saturated heterocycles. The van der Waals surface area contributed by atoms with Crippen LogP contribution in [0.3, 0.4) is 0 Å². The number of rotatable bonds is 3. The van der Waals surface area contributed by atoms with Crippen LogP contribution in [0.25, 0.3) is 0 Å². The van der Waals surface area contributed by atoms with Gasteiger partial charge in [0.1, 0.15) is 0 Å². The smallest absolute Gasteiger partial charge is 0.309 e. The van der Waals surface area contributed by atoms with Crippen molar-refractivity contribution in [2.75, 3.05) is 13.7 Å². The van der Waals surface area contributed by atoms with Gasteiger partial charge in [0.05, 0.1) is 24.2 Å². The Bertz CT molecular complexity index is 614. The Kier molecular flexibility index (Phi) is 2.90. The summed E-state index contributed by atoms with van der Waals surface area (Å²) in [6.07, 6.45) is 0. The number of carbonyl (C=O) groups excluding carboxylic acids is 3. The summed E-state index contributed by atoms with van der Waals surface area (Å²) in [7, 11) is 1.36. The minimum Gasteiger partial charge on any atom is -0.469 e. The van der Waals surface area contributed by atoms with Crippen molar-refractivity contribution >= 4 is 17.8 Å². The predicted octanol–water partition coefficient (Wildman–Crippen LogP) is 1.73. The van der Waals surface area contributed by atoms with E-state index in [2.05, 4.69) is 0 Å². The molecule has 5 heteroatoms. The summed E-state index contributed by atoms with van der Waals surface area (Å²) in [5.74, 6) is -1.13. The van der Waals surface area contributed by atoms with Crippen molar-refractivity contribution in [1.82, 2.24) is 4.90 Å². The average molecular weight is 287 g/mol. The molecule has 0 bridgehead atoms. The molecule has 1 heterocycles. The molecule has 0 N–H and O–H groups in total. The maximum Gasteiger partial charge on any atom is 0.309 e. The van der Waals surface area contributed by atoms with Crippen LogP contribution in [0.1, 0.15) is 34.6 Å². The monoisotopic (exact) mass is 287 g/mol. The lowest BCUT2D eigenvalue weighted by atomic mass is 10.1. The normalized spacial score (nSPS) is 25.8. The van der Waals surface area contributed by atoms with Crippen molar-refractivity contribution in [1.29, 1.82) is 0 Å². The van der Waals surface area contributed by atoms with Gasteiger partial charge in [-0.05, 0) is 23.5 Å². The molecule has 21 heavy (non-hydrogen) atoms. The number of imide groups is 1. The fourth-order valence-corrected chi connectivity index (χ4v) is 3.28. The number of fused-ring (bicyclic) bond motifs is 1. The highest BCUT2D eigenvalue weighted by Crippen LogP contribution is 2.59. The molecule has 0 spiro atoms. The van der Waals surface area contributed by atoms with Crippen LogP contribution in [0.15, 0.2) is 24.3 Å². The van der Waals surface area contributed by atoms with Gasteiger partial charge in [-0.15, -0.1) is 0 Å². The van der Waals surface area contributed by atoms with Gasteiger partial charge in [0.2, 0.25) is 0 Å². The first-order chi connectivity index (χ1) is 9.89. The van der Waals surface area contributed by atoms with Gasteiger partial charge < -0.3 is 4.74 Å². The zero-order valence-electron chi connectivity index (χ0n) is 12.3. The second-order valence-electron chi connectivity index (χ2n) is 6.20. The molecule has 0 unspecified atom stereocenters. The highest BCUT2D eigenvalue weighted by Gasteiger charge is 2.63. The molecular weight excluding hydrogens is 270 g/mol. The van der Waals surface area contributed by atoms with Gasteiger partial charge >= 0.3 is 5.97 Å². The van der Waals surface area contributed by atoms with Gasteiger partial charge in [-0.1, -0.05) is 26.0 Å². The van der Waals surface area contributed by atoms with Crippen LogP contribution in [-0.4, -0.2) is 36.3 Å². The Labute approximate surface area is 122 Å². The Morgan fingerprint density at radius 2 is 1.71 bits per heavy atom. The van der Waals surface area contributed by atoms with Gasteiger partial charge in [0, 0.05) is 6.54 Å². The number of hydrogen-bond acceptors (Lipinski definition) is 4. The summed E-state index contributed by atoms with van der Waals surface area (Å²) in [4.78, 5) is 37.6. The molecule has 0 aromatic heterocycles. The number of amides is 2. The number of benzene rings is 1. The van der Waals surface area contributed by atoms with E-state index in [1.54, 1.807) is 24.3 Å². The molecular formula is C16H17NO4. The topological polar surface area (TPSA) is 63.7 Å². The number of ether oxygens (including phenoxy) is 1. The second kappa shape index (κ2) is 4.41. The van der Waals surface area contributed by atoms with E-state index in [0.717, 1.165) is 0 Å². The van der Waals surface area contributed by atoms with Crippen molar-refractivity contribution < 1.29 is 19.1 Å². The third-order valence-electron chi connectivity index (χ3n) is 4.76. The number of hydrogen-bond donors (Lipinski definition) is 0. The lowest BCUT2D eigenvalue weighted by molar-refractivity contribution is -0.143. The molecule has 1 aliphatic heterocycles. The first-order valence-electron chi connectivity index (χ1n) is 6.92. The molecule has 2 atom stereocenters. The second-order valence-corrected chi connectivity index (χ2v) is 6.20. The van der Waals surface area contributed by atoms with Crippen LogP contribution in [0, 0.1) is 17.3 Å². The lowest BCUT2D eigenvalue weighted by Crippen LogP contribution is -2.32. The molecule has 3 rings (SSSR count). The molecule has 1 saturated carbocycles. The van der Waals surface area contributed by atoms with Crippen molar-refractivity contribution in [3.63, 3.8) is 0 Å². The summed E-state index contributed by atoms with van der Waals surface area (Å²) in [6, 6.07) is 6.80. The van der Waals surface area contributed by atoms with E-state index in [4.69, 9.17) is 4.74 Å². The lowest BCUT2D eigenvalue weighted by Gasteiger charge is -2.14. The minimum atomic E-state index is -0.276. The quantitative estimate of drug-likeness (QED) is 0.627. The zero-order valence-corrected chi connectivity index (χ0v) is 12.3. The molecule has 110 valence electrons. The summed E-state index contributed by atoms with van der Waals surface area (Å²) >= 11 is 0. The maximum atomic E-state index is 12.3. The Balaban J connectivity index is 1.81. The van der Waals surface area contributed by atoms with Crippen molar-refractivity contribution in [2.24, 2.45) is 17.3 Å². The zero-order chi connectivity index (χ0) is 15.4. The highest BCUT2D eigenvalue weighted by molar-refractivity contribution is 6.21. The van der Waals surface area contributed by atoms with Gasteiger partial charge in [-0.25, -0.2) is 0 Å². The maximum absolute atomic E-state index is 12.3. The van der Waals surface area contributed by atoms with Crippen LogP contribution < -0.4 is 0 Å². The van der Waals surface area contributed by atoms with E-state index in [0.29, 0.717) is 11.1 Å². The summed E-state index contributed by atoms with van der Waals surface area (Å²) in [5.41, 5.74) is 0.633. The highest BCUT2D eigenvalue weighted by atomic mass is 16.5. The molecule has 1 aromatic carbocycles. The fourth-order valence-electron chi connectivity index (χ4n) is 3.28. The number of carbonyl (C=O) groups is 3. The van der Waals surface area contributed by atoms with Crippen LogP contribution in [0.4, 0.5) is 0 Å². The Morgan fingerprint density at radius 1 is 1.19 bits per heavy atom. The van der Waals surface area contributed by atoms with Crippen molar-refractivity contribution in [3.8, 4) is 0 Å². The Hall–Kier alpha value is -2.17. The van der Waals surface area contributed by atoms with Gasteiger partial charge in [-0.3, -0.25) is 19.3 Å². The number of methoxy groups -OCH3 is 1. The van der Waals surface area contributed by atoms with Crippen LogP contribution >= 0.6 is 0 Å². The van der Waals surface area contributed by atoms with E-state index in [1.807, 2.05) is 13.8 Å². The third-order valence-corrected chi connectivity index (χ3v) is 4.76. The van der Waals surface area contributed by atoms with E-state index in [-0.39, 0.29) is 41.6 Å². The third kappa shape index (κ3) is 1.87. The van der Waals surface area contributed by atoms with E-state index >= 15 is 0 Å². The van der Waals surface area contributed by atoms with Crippen molar-refractivity contribution in [3.05, 3.63) is 35.4 Å². The van der Waals surface area contributed by atoms with E-state index in [1.165, 1.54) is 12.0 Å². The molecule has 1 aromatic rings. The molecule has 5 nitrogen and oxygen atoms in total. The molecule has 1 aliphatic carbocycles. The van der Waals surface area contributed by atoms with Gasteiger partial charge in [0.25, 0.3) is 11.8 Å². The molecule has 1 fully saturated rings. The molecule has 0 radical (unpaired) electrons. The minimum absolute atomic E-state index is 0.0489.